The number of allylic oxidation sites excluding steroid dienone is 1. The van der Waals surface area contributed by atoms with Crippen LogP contribution in [-0.2, 0) is 4.79 Å². The van der Waals surface area contributed by atoms with E-state index in [0.29, 0.717) is 35.0 Å². The van der Waals surface area contributed by atoms with Crippen molar-refractivity contribution < 1.29 is 15.0 Å². The summed E-state index contributed by atoms with van der Waals surface area (Å²) in [4.78, 5) is 15.3. The molecule has 1 heterocycles. The van der Waals surface area contributed by atoms with Crippen LogP contribution in [0.2, 0.25) is 0 Å². The summed E-state index contributed by atoms with van der Waals surface area (Å²) in [6.45, 7) is 9.09. The quantitative estimate of drug-likeness (QED) is 0.361. The van der Waals surface area contributed by atoms with Crippen molar-refractivity contribution in [3.63, 3.8) is 0 Å². The first kappa shape index (κ1) is 28.3. The van der Waals surface area contributed by atoms with Crippen molar-refractivity contribution in [1.29, 1.82) is 0 Å². The van der Waals surface area contributed by atoms with Gasteiger partial charge in [-0.25, -0.2) is 0 Å². The Kier molecular flexibility index (Phi) is 7.79. The lowest BCUT2D eigenvalue weighted by Crippen LogP contribution is -2.51. The number of aliphatic hydroxyl groups is 2. The fraction of sp³-hybridized carbons (Fsp3) is 0.914. The fourth-order valence-corrected chi connectivity index (χ4v) is 11.5. The monoisotopic (exact) mass is 539 g/mol. The topological polar surface area (TPSA) is 60.8 Å². The molecule has 1 saturated heterocycles. The molecule has 0 unspecified atom stereocenters. The van der Waals surface area contributed by atoms with Crippen molar-refractivity contribution in [3.8, 4) is 0 Å². The molecule has 4 saturated carbocycles. The van der Waals surface area contributed by atoms with Gasteiger partial charge >= 0.3 is 0 Å². The minimum atomic E-state index is -0.527. The van der Waals surface area contributed by atoms with Crippen LogP contribution in [0.5, 0.6) is 0 Å². The van der Waals surface area contributed by atoms with Gasteiger partial charge in [0.1, 0.15) is 0 Å². The maximum atomic E-state index is 13.3. The molecule has 2 N–H and O–H groups in total. The Bertz CT molecular complexity index is 930. The van der Waals surface area contributed by atoms with E-state index in [1.807, 2.05) is 0 Å². The van der Waals surface area contributed by atoms with E-state index in [2.05, 4.69) is 31.7 Å². The Hall–Kier alpha value is -0.870. The molecule has 4 nitrogen and oxygen atoms in total. The zero-order valence-electron chi connectivity index (χ0n) is 25.3. The number of carbonyl (C=O) groups is 1. The van der Waals surface area contributed by atoms with E-state index in [0.717, 1.165) is 68.9 Å². The Morgan fingerprint density at radius 2 is 1.72 bits per heavy atom. The second kappa shape index (κ2) is 10.8. The van der Waals surface area contributed by atoms with Gasteiger partial charge in [-0.3, -0.25) is 4.79 Å². The smallest absolute Gasteiger partial charge is 0.222 e. The summed E-state index contributed by atoms with van der Waals surface area (Å²) in [5.41, 5.74) is 1.78. The average molecular weight is 540 g/mol. The Morgan fingerprint density at radius 1 is 0.974 bits per heavy atom. The van der Waals surface area contributed by atoms with Crippen molar-refractivity contribution in [2.45, 2.75) is 142 Å². The number of aliphatic hydroxyl groups excluding tert-OH is 1. The number of amides is 1. The molecule has 0 bridgehead atoms. The largest absolute Gasteiger partial charge is 0.393 e. The highest BCUT2D eigenvalue weighted by Crippen LogP contribution is 2.67. The lowest BCUT2D eigenvalue weighted by Gasteiger charge is -2.58. The number of hydrogen-bond acceptors (Lipinski definition) is 3. The fourth-order valence-electron chi connectivity index (χ4n) is 11.5. The van der Waals surface area contributed by atoms with Crippen LogP contribution >= 0.6 is 0 Å². The SMILES string of the molecule is C[C@H](CCC(=O)N1CCC(O)(C2CCCCC2)CC1)[C@H]1CC[C@H]2[C@@H]3CC=C4C[C@@H](O)CC[C@]4(C)[C@H]3CC[C@]12C. The van der Waals surface area contributed by atoms with E-state index in [1.165, 1.54) is 70.6 Å². The summed E-state index contributed by atoms with van der Waals surface area (Å²) in [7, 11) is 0. The molecule has 5 fully saturated rings. The molecule has 0 aromatic carbocycles. The lowest BCUT2D eigenvalue weighted by molar-refractivity contribution is -0.139. The van der Waals surface area contributed by atoms with E-state index in [1.54, 1.807) is 5.57 Å². The van der Waals surface area contributed by atoms with Crippen LogP contribution in [0.25, 0.3) is 0 Å². The third-order valence-corrected chi connectivity index (χ3v) is 14.0. The van der Waals surface area contributed by atoms with Crippen LogP contribution in [0.15, 0.2) is 11.6 Å². The van der Waals surface area contributed by atoms with Gasteiger partial charge in [-0.2, -0.15) is 0 Å². The number of nitrogens with zero attached hydrogens (tertiary/aromatic N) is 1. The van der Waals surface area contributed by atoms with E-state index in [-0.39, 0.29) is 6.10 Å². The van der Waals surface area contributed by atoms with Crippen LogP contribution in [0.3, 0.4) is 0 Å². The average Bonchev–Trinajstić information content (AvgIpc) is 3.30. The summed E-state index contributed by atoms with van der Waals surface area (Å²) >= 11 is 0. The number of carbonyl (C=O) groups excluding carboxylic acids is 1. The van der Waals surface area contributed by atoms with Crippen LogP contribution in [0.1, 0.15) is 130 Å². The molecule has 6 aliphatic rings. The molecule has 0 aromatic heterocycles. The number of rotatable bonds is 5. The van der Waals surface area contributed by atoms with Crippen LogP contribution in [0, 0.1) is 46.3 Å². The molecule has 6 rings (SSSR count). The molecular weight excluding hydrogens is 482 g/mol. The van der Waals surface area contributed by atoms with Gasteiger partial charge in [-0.1, -0.05) is 51.7 Å². The third kappa shape index (κ3) is 4.96. The summed E-state index contributed by atoms with van der Waals surface area (Å²) in [6.07, 6.45) is 21.5. The van der Waals surface area contributed by atoms with Crippen molar-refractivity contribution in [3.05, 3.63) is 11.6 Å². The van der Waals surface area contributed by atoms with E-state index >= 15 is 0 Å². The second-order valence-electron chi connectivity index (χ2n) is 15.7. The maximum absolute atomic E-state index is 13.3. The molecule has 39 heavy (non-hydrogen) atoms. The minimum Gasteiger partial charge on any atom is -0.393 e. The summed E-state index contributed by atoms with van der Waals surface area (Å²) in [5.74, 6) is 4.54. The highest BCUT2D eigenvalue weighted by molar-refractivity contribution is 5.76. The predicted molar refractivity (Wildman–Crippen MR) is 157 cm³/mol. The van der Waals surface area contributed by atoms with Crippen molar-refractivity contribution in [2.24, 2.45) is 46.3 Å². The standard InChI is InChI=1S/C35H57NO3/c1-24(9-14-32(38)36-21-19-35(39,20-22-36)25-7-5-4-6-8-25)29-12-13-30-28-11-10-26-23-27(37)15-17-33(26,2)31(28)16-18-34(29,30)3/h10,24-25,27-31,37,39H,4-9,11-23H2,1-3H3/t24-,27+,28+,29-,30+,31+,33+,34-/m1/s1. The Labute approximate surface area is 238 Å². The highest BCUT2D eigenvalue weighted by Gasteiger charge is 2.59. The van der Waals surface area contributed by atoms with E-state index in [9.17, 15) is 15.0 Å². The zero-order chi connectivity index (χ0) is 27.4. The minimum absolute atomic E-state index is 0.123. The summed E-state index contributed by atoms with van der Waals surface area (Å²) in [6, 6.07) is 0. The number of fused-ring (bicyclic) bond motifs is 5. The molecule has 0 radical (unpaired) electrons. The number of likely N-dealkylation sites (tertiary alicyclic amines) is 1. The number of piperidine rings is 1. The molecule has 8 atom stereocenters. The van der Waals surface area contributed by atoms with Crippen LogP contribution < -0.4 is 0 Å². The van der Waals surface area contributed by atoms with Gasteiger partial charge in [0, 0.05) is 19.5 Å². The Balaban J connectivity index is 1.03. The summed E-state index contributed by atoms with van der Waals surface area (Å²) < 4.78 is 0. The molecule has 0 aromatic rings. The maximum Gasteiger partial charge on any atom is 0.222 e. The van der Waals surface area contributed by atoms with Crippen LogP contribution in [-0.4, -0.2) is 45.8 Å². The third-order valence-electron chi connectivity index (χ3n) is 14.0. The van der Waals surface area contributed by atoms with Crippen molar-refractivity contribution in [2.75, 3.05) is 13.1 Å². The molecular formula is C35H57NO3. The first-order valence-corrected chi connectivity index (χ1v) is 17.0. The normalized spacial score (nSPS) is 43.2. The van der Waals surface area contributed by atoms with Gasteiger partial charge in [-0.05, 0) is 130 Å². The first-order valence-electron chi connectivity index (χ1n) is 17.0. The molecule has 1 amide bonds. The zero-order valence-corrected chi connectivity index (χ0v) is 25.3. The van der Waals surface area contributed by atoms with Gasteiger partial charge in [-0.15, -0.1) is 0 Å². The van der Waals surface area contributed by atoms with Gasteiger partial charge in [0.05, 0.1) is 11.7 Å². The van der Waals surface area contributed by atoms with Crippen molar-refractivity contribution in [1.82, 2.24) is 4.90 Å². The van der Waals surface area contributed by atoms with E-state index in [4.69, 9.17) is 0 Å². The molecule has 5 aliphatic carbocycles. The molecule has 1 aliphatic heterocycles. The van der Waals surface area contributed by atoms with Gasteiger partial charge < -0.3 is 15.1 Å². The lowest BCUT2D eigenvalue weighted by atomic mass is 9.47. The van der Waals surface area contributed by atoms with Gasteiger partial charge in [0.15, 0.2) is 0 Å². The predicted octanol–water partition coefficient (Wildman–Crippen LogP) is 7.28. The number of hydrogen-bond donors (Lipinski definition) is 2. The second-order valence-corrected chi connectivity index (χ2v) is 15.7. The van der Waals surface area contributed by atoms with Crippen LogP contribution in [0.4, 0.5) is 0 Å². The Morgan fingerprint density at radius 3 is 2.46 bits per heavy atom. The van der Waals surface area contributed by atoms with Gasteiger partial charge in [0.2, 0.25) is 5.91 Å². The summed E-state index contributed by atoms with van der Waals surface area (Å²) in [5, 5.41) is 21.6. The van der Waals surface area contributed by atoms with Gasteiger partial charge in [0.25, 0.3) is 0 Å². The molecule has 4 heteroatoms. The van der Waals surface area contributed by atoms with E-state index < -0.39 is 5.60 Å². The molecule has 220 valence electrons. The molecule has 0 spiro atoms. The highest BCUT2D eigenvalue weighted by atomic mass is 16.3. The van der Waals surface area contributed by atoms with Crippen molar-refractivity contribution >= 4 is 5.91 Å². The first-order chi connectivity index (χ1) is 18.6.